The molecular formula is C23H30BrN3O2S2. The fourth-order valence-electron chi connectivity index (χ4n) is 3.37. The average molecular weight is 525 g/mol. The summed E-state index contributed by atoms with van der Waals surface area (Å²) in [6.07, 6.45) is 0. The van der Waals surface area contributed by atoms with Gasteiger partial charge in [0.25, 0.3) is 0 Å². The van der Waals surface area contributed by atoms with E-state index >= 15 is 0 Å². The lowest BCUT2D eigenvalue weighted by Crippen LogP contribution is -2.30. The van der Waals surface area contributed by atoms with Gasteiger partial charge in [-0.05, 0) is 61.7 Å². The van der Waals surface area contributed by atoms with Crippen molar-refractivity contribution in [2.24, 2.45) is 4.99 Å². The third-order valence-electron chi connectivity index (χ3n) is 5.32. The van der Waals surface area contributed by atoms with Crippen LogP contribution < -0.4 is 4.80 Å². The fourth-order valence-corrected chi connectivity index (χ4v) is 5.82. The topological polar surface area (TPSA) is 54.7 Å². The second-order valence-corrected chi connectivity index (χ2v) is 9.92. The smallest absolute Gasteiger partial charge is 0.243 e. The number of hydrogen-bond donors (Lipinski definition) is 0. The van der Waals surface area contributed by atoms with Crippen molar-refractivity contribution in [3.63, 3.8) is 0 Å². The Bertz CT molecular complexity index is 1190. The van der Waals surface area contributed by atoms with Crippen LogP contribution in [0.15, 0.2) is 57.7 Å². The Hall–Kier alpha value is -1.74. The van der Waals surface area contributed by atoms with Crippen molar-refractivity contribution in [3.8, 4) is 11.3 Å². The highest BCUT2D eigenvalue weighted by Gasteiger charge is 2.21. The number of sulfonamides is 1. The molecule has 3 aromatic rings. The zero-order valence-corrected chi connectivity index (χ0v) is 22.0. The maximum atomic E-state index is 12.7. The van der Waals surface area contributed by atoms with Gasteiger partial charge in [0.05, 0.1) is 16.3 Å². The molecule has 0 radical (unpaired) electrons. The molecule has 1 aromatic heterocycles. The molecule has 1 heterocycles. The van der Waals surface area contributed by atoms with Crippen LogP contribution in [-0.2, 0) is 16.6 Å². The van der Waals surface area contributed by atoms with Crippen LogP contribution in [0.1, 0.15) is 31.9 Å². The van der Waals surface area contributed by atoms with Crippen molar-refractivity contribution in [2.75, 3.05) is 13.1 Å². The van der Waals surface area contributed by atoms with Gasteiger partial charge in [0, 0.05) is 25.0 Å². The van der Waals surface area contributed by atoms with Gasteiger partial charge in [0.15, 0.2) is 4.80 Å². The number of benzene rings is 2. The number of thiazole rings is 1. The maximum Gasteiger partial charge on any atom is 0.243 e. The van der Waals surface area contributed by atoms with Crippen molar-refractivity contribution < 1.29 is 8.42 Å². The summed E-state index contributed by atoms with van der Waals surface area (Å²) in [6, 6.07) is 13.4. The molecule has 0 aliphatic carbocycles. The predicted molar refractivity (Wildman–Crippen MR) is 135 cm³/mol. The predicted octanol–water partition coefficient (Wildman–Crippen LogP) is 5.69. The van der Waals surface area contributed by atoms with Crippen LogP contribution in [0.25, 0.3) is 11.3 Å². The molecule has 168 valence electrons. The van der Waals surface area contributed by atoms with Gasteiger partial charge in [-0.3, -0.25) is 0 Å². The Kier molecular flexibility index (Phi) is 8.83. The molecule has 0 unspecified atom stereocenters. The lowest BCUT2D eigenvalue weighted by molar-refractivity contribution is 0.445. The molecule has 8 heteroatoms. The summed E-state index contributed by atoms with van der Waals surface area (Å²) < 4.78 is 29.1. The Balaban J connectivity index is 0.00000341. The van der Waals surface area contributed by atoms with Crippen molar-refractivity contribution in [2.45, 2.75) is 46.1 Å². The van der Waals surface area contributed by atoms with E-state index in [0.29, 0.717) is 18.0 Å². The number of aryl methyl sites for hydroxylation is 2. The molecule has 3 rings (SSSR count). The summed E-state index contributed by atoms with van der Waals surface area (Å²) in [6.45, 7) is 11.7. The number of nitrogens with zero attached hydrogens (tertiary/aromatic N) is 3. The number of halogens is 1. The van der Waals surface area contributed by atoms with Crippen molar-refractivity contribution in [1.29, 1.82) is 0 Å². The minimum atomic E-state index is -3.45. The zero-order valence-electron chi connectivity index (χ0n) is 18.6. The minimum Gasteiger partial charge on any atom is -0.317 e. The van der Waals surface area contributed by atoms with Crippen molar-refractivity contribution >= 4 is 44.0 Å². The summed E-state index contributed by atoms with van der Waals surface area (Å²) in [5.74, 6) is 0. The second-order valence-electron chi connectivity index (χ2n) is 7.14. The van der Waals surface area contributed by atoms with E-state index in [2.05, 4.69) is 42.9 Å². The Labute approximate surface area is 199 Å². The summed E-state index contributed by atoms with van der Waals surface area (Å²) in [5, 5.41) is 2.08. The van der Waals surface area contributed by atoms with Crippen LogP contribution in [0, 0.1) is 13.8 Å². The number of rotatable bonds is 7. The van der Waals surface area contributed by atoms with E-state index in [1.165, 1.54) is 15.4 Å². The minimum absolute atomic E-state index is 0. The Morgan fingerprint density at radius 1 is 0.968 bits per heavy atom. The van der Waals surface area contributed by atoms with Gasteiger partial charge >= 0.3 is 0 Å². The molecule has 2 aromatic carbocycles. The summed E-state index contributed by atoms with van der Waals surface area (Å²) >= 11 is 1.59. The second kappa shape index (κ2) is 10.7. The number of aromatic nitrogens is 1. The molecule has 31 heavy (non-hydrogen) atoms. The molecule has 0 fully saturated rings. The molecular weight excluding hydrogens is 494 g/mol. The van der Waals surface area contributed by atoms with E-state index in [9.17, 15) is 8.42 Å². The van der Waals surface area contributed by atoms with E-state index in [1.54, 1.807) is 23.5 Å². The highest BCUT2D eigenvalue weighted by Crippen LogP contribution is 2.24. The Morgan fingerprint density at radius 3 is 2.16 bits per heavy atom. The summed E-state index contributed by atoms with van der Waals surface area (Å²) in [5.41, 5.74) is 5.43. The van der Waals surface area contributed by atoms with Crippen molar-refractivity contribution in [1.82, 2.24) is 8.87 Å². The fraction of sp³-hybridized carbons (Fsp3) is 0.348. The van der Waals surface area contributed by atoms with Crippen LogP contribution in [0.2, 0.25) is 0 Å². The molecule has 0 saturated carbocycles. The SMILES string of the molecule is Br.CCN(CC)S(=O)(=O)c1ccc(-c2csc(=Nc3ccc(C)c(C)c3)n2CC)cc1. The first-order valence-corrected chi connectivity index (χ1v) is 12.5. The van der Waals surface area contributed by atoms with Gasteiger partial charge < -0.3 is 4.57 Å². The molecule has 0 N–H and O–H groups in total. The van der Waals surface area contributed by atoms with Gasteiger partial charge in [0.2, 0.25) is 10.0 Å². The molecule has 0 aliphatic rings. The molecule has 5 nitrogen and oxygen atoms in total. The third kappa shape index (κ3) is 5.37. The van der Waals surface area contributed by atoms with Crippen molar-refractivity contribution in [3.05, 3.63) is 63.8 Å². The standard InChI is InChI=1S/C23H29N3O2S2.BrH/c1-6-25(7-2)30(27,28)21-13-10-19(11-14-21)22-16-29-23(26(22)8-3)24-20-12-9-17(4)18(5)15-20;/h9-16H,6-8H2,1-5H3;1H. The van der Waals surface area contributed by atoms with Gasteiger partial charge in [-0.1, -0.05) is 32.0 Å². The molecule has 0 amide bonds. The summed E-state index contributed by atoms with van der Waals surface area (Å²) in [7, 11) is -3.45. The number of hydrogen-bond acceptors (Lipinski definition) is 4. The molecule has 0 aliphatic heterocycles. The lowest BCUT2D eigenvalue weighted by atomic mass is 10.1. The van der Waals surface area contributed by atoms with E-state index in [0.717, 1.165) is 28.3 Å². The monoisotopic (exact) mass is 523 g/mol. The molecule has 0 bridgehead atoms. The Morgan fingerprint density at radius 2 is 1.61 bits per heavy atom. The highest BCUT2D eigenvalue weighted by atomic mass is 79.9. The van der Waals surface area contributed by atoms with Gasteiger partial charge in [-0.2, -0.15) is 4.31 Å². The first-order chi connectivity index (χ1) is 14.3. The van der Waals surface area contributed by atoms with E-state index in [-0.39, 0.29) is 17.0 Å². The molecule has 0 atom stereocenters. The summed E-state index contributed by atoms with van der Waals surface area (Å²) in [4.78, 5) is 6.09. The van der Waals surface area contributed by atoms with Gasteiger partial charge in [-0.15, -0.1) is 28.3 Å². The van der Waals surface area contributed by atoms with E-state index in [4.69, 9.17) is 4.99 Å². The zero-order chi connectivity index (χ0) is 21.9. The van der Waals surface area contributed by atoms with Crippen LogP contribution in [0.4, 0.5) is 5.69 Å². The van der Waals surface area contributed by atoms with Crippen LogP contribution >= 0.6 is 28.3 Å². The van der Waals surface area contributed by atoms with Gasteiger partial charge in [-0.25, -0.2) is 13.4 Å². The average Bonchev–Trinajstić information content (AvgIpc) is 3.14. The third-order valence-corrected chi connectivity index (χ3v) is 8.25. The first kappa shape index (κ1) is 25.5. The van der Waals surface area contributed by atoms with Gasteiger partial charge in [0.1, 0.15) is 0 Å². The van der Waals surface area contributed by atoms with Crippen LogP contribution in [0.3, 0.4) is 0 Å². The van der Waals surface area contributed by atoms with Crippen LogP contribution in [-0.4, -0.2) is 30.4 Å². The molecule has 0 spiro atoms. The maximum absolute atomic E-state index is 12.7. The first-order valence-electron chi connectivity index (χ1n) is 10.2. The highest BCUT2D eigenvalue weighted by molar-refractivity contribution is 8.93. The largest absolute Gasteiger partial charge is 0.317 e. The quantitative estimate of drug-likeness (QED) is 0.399. The van der Waals surface area contributed by atoms with E-state index in [1.807, 2.05) is 32.0 Å². The van der Waals surface area contributed by atoms with Crippen LogP contribution in [0.5, 0.6) is 0 Å². The normalized spacial score (nSPS) is 12.3. The molecule has 0 saturated heterocycles. The van der Waals surface area contributed by atoms with E-state index < -0.39 is 10.0 Å². The lowest BCUT2D eigenvalue weighted by Gasteiger charge is -2.18.